The van der Waals surface area contributed by atoms with E-state index in [0.29, 0.717) is 21.5 Å². The van der Waals surface area contributed by atoms with Crippen molar-refractivity contribution in [1.29, 1.82) is 0 Å². The maximum absolute atomic E-state index is 13.2. The maximum atomic E-state index is 13.2. The van der Waals surface area contributed by atoms with E-state index in [1.807, 2.05) is 26.0 Å². The van der Waals surface area contributed by atoms with E-state index >= 15 is 0 Å². The predicted molar refractivity (Wildman–Crippen MR) is 120 cm³/mol. The molecular weight excluding hydrogens is 417 g/mol. The third-order valence-corrected chi connectivity index (χ3v) is 6.16. The van der Waals surface area contributed by atoms with Crippen LogP contribution in [0.15, 0.2) is 63.5 Å². The van der Waals surface area contributed by atoms with Gasteiger partial charge in [-0.25, -0.2) is 9.18 Å². The quantitative estimate of drug-likeness (QED) is 0.518. The van der Waals surface area contributed by atoms with Gasteiger partial charge in [0.05, 0.1) is 12.1 Å². The number of carbonyl (C=O) groups is 1. The van der Waals surface area contributed by atoms with E-state index in [-0.39, 0.29) is 19.0 Å². The molecule has 0 atom stereocenters. The molecule has 6 nitrogen and oxygen atoms in total. The molecule has 0 saturated carbocycles. The van der Waals surface area contributed by atoms with Crippen molar-refractivity contribution in [1.82, 2.24) is 9.13 Å². The number of rotatable bonds is 5. The summed E-state index contributed by atoms with van der Waals surface area (Å²) in [6.07, 6.45) is 0. The molecule has 4 rings (SSSR count). The summed E-state index contributed by atoms with van der Waals surface area (Å²) in [6, 6.07) is 12.9. The van der Waals surface area contributed by atoms with E-state index in [0.717, 1.165) is 15.7 Å². The van der Waals surface area contributed by atoms with Crippen molar-refractivity contribution < 1.29 is 9.18 Å². The van der Waals surface area contributed by atoms with Crippen molar-refractivity contribution in [2.75, 3.05) is 5.32 Å². The Morgan fingerprint density at radius 1 is 1.03 bits per heavy atom. The molecule has 0 aliphatic rings. The molecule has 1 N–H and O–H groups in total. The Labute approximate surface area is 181 Å². The van der Waals surface area contributed by atoms with Crippen molar-refractivity contribution in [3.8, 4) is 0 Å². The van der Waals surface area contributed by atoms with E-state index in [9.17, 15) is 18.8 Å². The Hall–Kier alpha value is -3.52. The number of nitrogens with zero attached hydrogens (tertiary/aromatic N) is 2. The topological polar surface area (TPSA) is 73.1 Å². The molecule has 158 valence electrons. The van der Waals surface area contributed by atoms with Crippen molar-refractivity contribution in [2.45, 2.75) is 26.9 Å². The molecule has 0 spiro atoms. The molecule has 0 unspecified atom stereocenters. The van der Waals surface area contributed by atoms with E-state index in [1.165, 1.54) is 40.2 Å². The number of carbonyl (C=O) groups excluding carboxylic acids is 1. The number of benzene rings is 2. The highest BCUT2D eigenvalue weighted by Gasteiger charge is 2.17. The van der Waals surface area contributed by atoms with Crippen LogP contribution in [0.2, 0.25) is 0 Å². The maximum Gasteiger partial charge on any atom is 0.332 e. The summed E-state index contributed by atoms with van der Waals surface area (Å²) in [7, 11) is 0. The molecular formula is C23H20FN3O3S. The summed E-state index contributed by atoms with van der Waals surface area (Å²) in [5, 5.41) is 4.56. The van der Waals surface area contributed by atoms with Crippen LogP contribution < -0.4 is 16.6 Å². The van der Waals surface area contributed by atoms with Crippen LogP contribution in [0.3, 0.4) is 0 Å². The zero-order valence-electron chi connectivity index (χ0n) is 17.0. The average molecular weight is 437 g/mol. The molecule has 4 aromatic rings. The SMILES string of the molecule is Cc1cccc(NC(=O)Cn2c(=O)n(Cc3ccc(F)cc3)c(=O)c3sccc32)c1C. The predicted octanol–water partition coefficient (Wildman–Crippen LogP) is 3.67. The van der Waals surface area contributed by atoms with Gasteiger partial charge in [-0.05, 0) is 60.2 Å². The van der Waals surface area contributed by atoms with Gasteiger partial charge in [0.15, 0.2) is 0 Å². The molecule has 0 aliphatic carbocycles. The highest BCUT2D eigenvalue weighted by atomic mass is 32.1. The summed E-state index contributed by atoms with van der Waals surface area (Å²) in [5.41, 5.74) is 2.70. The van der Waals surface area contributed by atoms with Crippen molar-refractivity contribution in [2.24, 2.45) is 0 Å². The number of anilines is 1. The Morgan fingerprint density at radius 2 is 1.77 bits per heavy atom. The number of hydrogen-bond donors (Lipinski definition) is 1. The lowest BCUT2D eigenvalue weighted by Gasteiger charge is -2.14. The molecule has 8 heteroatoms. The second-order valence-electron chi connectivity index (χ2n) is 7.32. The van der Waals surface area contributed by atoms with Crippen LogP contribution >= 0.6 is 11.3 Å². The van der Waals surface area contributed by atoms with Crippen LogP contribution in [-0.4, -0.2) is 15.0 Å². The number of aromatic nitrogens is 2. The lowest BCUT2D eigenvalue weighted by atomic mass is 10.1. The van der Waals surface area contributed by atoms with Crippen LogP contribution in [0, 0.1) is 19.7 Å². The minimum Gasteiger partial charge on any atom is -0.324 e. The third-order valence-electron chi connectivity index (χ3n) is 5.27. The second kappa shape index (κ2) is 8.31. The van der Waals surface area contributed by atoms with E-state index in [1.54, 1.807) is 17.5 Å². The summed E-state index contributed by atoms with van der Waals surface area (Å²) in [6.45, 7) is 3.63. The van der Waals surface area contributed by atoms with Gasteiger partial charge in [-0.15, -0.1) is 11.3 Å². The number of hydrogen-bond acceptors (Lipinski definition) is 4. The standard InChI is InChI=1S/C23H20FN3O3S/c1-14-4-3-5-18(15(14)2)25-20(28)13-26-19-10-11-31-21(19)22(29)27(23(26)30)12-16-6-8-17(24)9-7-16/h3-11H,12-13H2,1-2H3,(H,25,28). The number of amides is 1. The molecule has 2 aromatic heterocycles. The first-order valence-electron chi connectivity index (χ1n) is 9.66. The van der Waals surface area contributed by atoms with Gasteiger partial charge in [0.1, 0.15) is 17.1 Å². The van der Waals surface area contributed by atoms with Crippen molar-refractivity contribution in [3.63, 3.8) is 0 Å². The zero-order chi connectivity index (χ0) is 22.1. The van der Waals surface area contributed by atoms with Gasteiger partial charge >= 0.3 is 5.69 Å². The number of aryl methyl sites for hydroxylation is 1. The highest BCUT2D eigenvalue weighted by molar-refractivity contribution is 7.17. The third kappa shape index (κ3) is 4.06. The summed E-state index contributed by atoms with van der Waals surface area (Å²) in [4.78, 5) is 38.8. The fourth-order valence-electron chi connectivity index (χ4n) is 3.42. The van der Waals surface area contributed by atoms with Gasteiger partial charge in [-0.3, -0.25) is 18.7 Å². The summed E-state index contributed by atoms with van der Waals surface area (Å²) >= 11 is 1.21. The van der Waals surface area contributed by atoms with Gasteiger partial charge in [0, 0.05) is 5.69 Å². The largest absolute Gasteiger partial charge is 0.332 e. The van der Waals surface area contributed by atoms with Gasteiger partial charge in [-0.2, -0.15) is 0 Å². The monoisotopic (exact) mass is 437 g/mol. The van der Waals surface area contributed by atoms with Gasteiger partial charge in [0.25, 0.3) is 5.56 Å². The molecule has 0 fully saturated rings. The van der Waals surface area contributed by atoms with Crippen LogP contribution in [-0.2, 0) is 17.9 Å². The molecule has 0 saturated heterocycles. The summed E-state index contributed by atoms with van der Waals surface area (Å²) in [5.74, 6) is -0.763. The van der Waals surface area contributed by atoms with Crippen molar-refractivity contribution >= 4 is 33.1 Å². The minimum atomic E-state index is -0.587. The van der Waals surface area contributed by atoms with E-state index in [4.69, 9.17) is 0 Å². The molecule has 0 radical (unpaired) electrons. The lowest BCUT2D eigenvalue weighted by molar-refractivity contribution is -0.116. The van der Waals surface area contributed by atoms with Gasteiger partial charge in [0.2, 0.25) is 5.91 Å². The smallest absolute Gasteiger partial charge is 0.324 e. The van der Waals surface area contributed by atoms with Crippen LogP contribution in [0.5, 0.6) is 0 Å². The molecule has 1 amide bonds. The first-order valence-corrected chi connectivity index (χ1v) is 10.5. The molecule has 0 aliphatic heterocycles. The van der Waals surface area contributed by atoms with Gasteiger partial charge in [-0.1, -0.05) is 24.3 Å². The lowest BCUT2D eigenvalue weighted by Crippen LogP contribution is -2.41. The van der Waals surface area contributed by atoms with E-state index < -0.39 is 17.1 Å². The Balaban J connectivity index is 1.72. The molecule has 0 bridgehead atoms. The fourth-order valence-corrected chi connectivity index (χ4v) is 4.26. The second-order valence-corrected chi connectivity index (χ2v) is 8.23. The highest BCUT2D eigenvalue weighted by Crippen LogP contribution is 2.19. The fraction of sp³-hybridized carbons (Fsp3) is 0.174. The Morgan fingerprint density at radius 3 is 2.52 bits per heavy atom. The number of halogens is 1. The Bertz CT molecular complexity index is 1400. The average Bonchev–Trinajstić information content (AvgIpc) is 3.23. The van der Waals surface area contributed by atoms with Gasteiger partial charge < -0.3 is 5.32 Å². The molecule has 2 aromatic carbocycles. The Kier molecular flexibility index (Phi) is 5.56. The zero-order valence-corrected chi connectivity index (χ0v) is 17.8. The molecule has 2 heterocycles. The minimum absolute atomic E-state index is 0.00953. The first-order chi connectivity index (χ1) is 14.8. The van der Waals surface area contributed by atoms with Crippen molar-refractivity contribution in [3.05, 3.63) is 97.3 Å². The van der Waals surface area contributed by atoms with E-state index in [2.05, 4.69) is 5.32 Å². The number of thiophene rings is 1. The van der Waals surface area contributed by atoms with Crippen LogP contribution in [0.4, 0.5) is 10.1 Å². The normalized spacial score (nSPS) is 11.1. The number of nitrogens with one attached hydrogen (secondary N) is 1. The van der Waals surface area contributed by atoms with Crippen LogP contribution in [0.1, 0.15) is 16.7 Å². The number of fused-ring (bicyclic) bond motifs is 1. The van der Waals surface area contributed by atoms with Crippen LogP contribution in [0.25, 0.3) is 10.2 Å². The molecule has 31 heavy (non-hydrogen) atoms. The summed E-state index contributed by atoms with van der Waals surface area (Å²) < 4.78 is 16.0. The first kappa shape index (κ1) is 20.7.